The zero-order chi connectivity index (χ0) is 20.1. The number of pyridine rings is 1. The highest BCUT2D eigenvalue weighted by Gasteiger charge is 2.11. The number of nitrogens with zero attached hydrogens (tertiary/aromatic N) is 5. The monoisotopic (exact) mass is 390 g/mol. The van der Waals surface area contributed by atoms with Gasteiger partial charge in [0.25, 0.3) is 5.89 Å². The van der Waals surface area contributed by atoms with Gasteiger partial charge in [-0.15, -0.1) is 0 Å². The molecule has 0 saturated carbocycles. The van der Waals surface area contributed by atoms with E-state index in [-0.39, 0.29) is 0 Å². The van der Waals surface area contributed by atoms with Crippen molar-refractivity contribution in [1.29, 1.82) is 0 Å². The first kappa shape index (κ1) is 18.7. The summed E-state index contributed by atoms with van der Waals surface area (Å²) in [7, 11) is 3.67. The molecule has 29 heavy (non-hydrogen) atoms. The quantitative estimate of drug-likeness (QED) is 0.494. The number of hydrogen-bond donors (Lipinski definition) is 1. The van der Waals surface area contributed by atoms with E-state index in [0.717, 1.165) is 35.7 Å². The van der Waals surface area contributed by atoms with Crippen molar-refractivity contribution in [3.8, 4) is 17.2 Å². The molecule has 148 valence electrons. The number of aromatic nitrogens is 5. The van der Waals surface area contributed by atoms with Crippen LogP contribution in [0.15, 0.2) is 59.5 Å². The molecule has 0 unspecified atom stereocenters. The van der Waals surface area contributed by atoms with Crippen LogP contribution >= 0.6 is 0 Å². The first-order valence-corrected chi connectivity index (χ1v) is 9.32. The van der Waals surface area contributed by atoms with Gasteiger partial charge in [-0.05, 0) is 41.8 Å². The summed E-state index contributed by atoms with van der Waals surface area (Å²) in [4.78, 5) is 11.1. The normalized spacial score (nSPS) is 10.8. The van der Waals surface area contributed by atoms with Crippen LogP contribution in [0.5, 0.6) is 5.75 Å². The molecular formula is C21H22N6O2. The van der Waals surface area contributed by atoms with Gasteiger partial charge < -0.3 is 14.2 Å². The van der Waals surface area contributed by atoms with Gasteiger partial charge in [0.05, 0.1) is 18.9 Å². The summed E-state index contributed by atoms with van der Waals surface area (Å²) in [5.74, 6) is 2.80. The first-order valence-electron chi connectivity index (χ1n) is 9.32. The fourth-order valence-electron chi connectivity index (χ4n) is 2.93. The summed E-state index contributed by atoms with van der Waals surface area (Å²) in [6.07, 6.45) is 6.99. The SMILES string of the molecule is COc1ccc(Cc2noc(-c3ccc(N(C)CCc4cn[nH]c4)nc3)n2)cc1. The lowest BCUT2D eigenvalue weighted by atomic mass is 10.1. The fourth-order valence-corrected chi connectivity index (χ4v) is 2.93. The van der Waals surface area contributed by atoms with Gasteiger partial charge in [0.2, 0.25) is 0 Å². The minimum absolute atomic E-state index is 0.466. The molecule has 0 spiro atoms. The Morgan fingerprint density at radius 2 is 1.93 bits per heavy atom. The molecule has 4 aromatic rings. The Kier molecular flexibility index (Phi) is 5.51. The fraction of sp³-hybridized carbons (Fsp3) is 0.238. The Morgan fingerprint density at radius 1 is 1.07 bits per heavy atom. The Morgan fingerprint density at radius 3 is 2.62 bits per heavy atom. The highest BCUT2D eigenvalue weighted by molar-refractivity contribution is 5.54. The molecule has 0 radical (unpaired) electrons. The van der Waals surface area contributed by atoms with Gasteiger partial charge in [0.15, 0.2) is 5.82 Å². The van der Waals surface area contributed by atoms with E-state index in [1.165, 1.54) is 5.56 Å². The Hall–Kier alpha value is -3.68. The Labute approximate surface area is 168 Å². The predicted molar refractivity (Wildman–Crippen MR) is 109 cm³/mol. The number of aromatic amines is 1. The first-order chi connectivity index (χ1) is 14.2. The molecule has 0 aliphatic heterocycles. The topological polar surface area (TPSA) is 93.0 Å². The van der Waals surface area contributed by atoms with Crippen LogP contribution in [0.4, 0.5) is 5.82 Å². The third-order valence-electron chi connectivity index (χ3n) is 4.67. The summed E-state index contributed by atoms with van der Waals surface area (Å²) >= 11 is 0. The average molecular weight is 390 g/mol. The molecule has 1 N–H and O–H groups in total. The van der Waals surface area contributed by atoms with Crippen LogP contribution < -0.4 is 9.64 Å². The summed E-state index contributed by atoms with van der Waals surface area (Å²) in [6, 6.07) is 11.7. The predicted octanol–water partition coefficient (Wildman–Crippen LogP) is 3.13. The van der Waals surface area contributed by atoms with Gasteiger partial charge in [-0.1, -0.05) is 17.3 Å². The zero-order valence-corrected chi connectivity index (χ0v) is 16.4. The molecule has 3 heterocycles. The minimum Gasteiger partial charge on any atom is -0.497 e. The number of methoxy groups -OCH3 is 1. The second kappa shape index (κ2) is 8.55. The lowest BCUT2D eigenvalue weighted by Crippen LogP contribution is -2.21. The van der Waals surface area contributed by atoms with Crippen LogP contribution in [0.3, 0.4) is 0 Å². The maximum Gasteiger partial charge on any atom is 0.259 e. The summed E-state index contributed by atoms with van der Waals surface area (Å²) < 4.78 is 10.6. The third-order valence-corrected chi connectivity index (χ3v) is 4.67. The molecule has 4 rings (SSSR count). The molecule has 0 saturated heterocycles. The highest BCUT2D eigenvalue weighted by Crippen LogP contribution is 2.20. The van der Waals surface area contributed by atoms with Crippen LogP contribution in [0.2, 0.25) is 0 Å². The van der Waals surface area contributed by atoms with Crippen LogP contribution in [-0.4, -0.2) is 46.0 Å². The van der Waals surface area contributed by atoms with Crippen LogP contribution in [0.25, 0.3) is 11.5 Å². The summed E-state index contributed by atoms with van der Waals surface area (Å²) in [5.41, 5.74) is 3.06. The van der Waals surface area contributed by atoms with Gasteiger partial charge in [0.1, 0.15) is 11.6 Å². The van der Waals surface area contributed by atoms with Crippen LogP contribution in [-0.2, 0) is 12.8 Å². The van der Waals surface area contributed by atoms with Crippen molar-refractivity contribution in [1.82, 2.24) is 25.3 Å². The minimum atomic E-state index is 0.466. The molecular weight excluding hydrogens is 368 g/mol. The molecule has 0 atom stereocenters. The number of hydrogen-bond acceptors (Lipinski definition) is 7. The molecule has 0 amide bonds. The van der Waals surface area contributed by atoms with E-state index < -0.39 is 0 Å². The van der Waals surface area contributed by atoms with Crippen LogP contribution in [0.1, 0.15) is 17.0 Å². The smallest absolute Gasteiger partial charge is 0.259 e. The maximum atomic E-state index is 5.41. The van der Waals surface area contributed by atoms with Crippen molar-refractivity contribution in [3.05, 3.63) is 71.9 Å². The summed E-state index contributed by atoms with van der Waals surface area (Å²) in [6.45, 7) is 0.846. The van der Waals surface area contributed by atoms with Crippen molar-refractivity contribution < 1.29 is 9.26 Å². The van der Waals surface area contributed by atoms with Gasteiger partial charge in [-0.3, -0.25) is 5.10 Å². The van der Waals surface area contributed by atoms with E-state index in [9.17, 15) is 0 Å². The van der Waals surface area contributed by atoms with E-state index >= 15 is 0 Å². The van der Waals surface area contributed by atoms with Gasteiger partial charge in [-0.2, -0.15) is 10.1 Å². The molecule has 0 fully saturated rings. The van der Waals surface area contributed by atoms with E-state index in [1.807, 2.05) is 55.8 Å². The van der Waals surface area contributed by atoms with Crippen molar-refractivity contribution in [2.45, 2.75) is 12.8 Å². The standard InChI is InChI=1S/C21H22N6O2/c1-27(10-9-16-12-23-24-13-16)20-8-5-17(14-22-20)21-25-19(26-29-21)11-15-3-6-18(28-2)7-4-15/h3-8,12-14H,9-11H2,1-2H3,(H,23,24). The number of H-pyrrole nitrogens is 1. The van der Waals surface area contributed by atoms with Crippen molar-refractivity contribution in [2.24, 2.45) is 0 Å². The number of anilines is 1. The third kappa shape index (κ3) is 4.60. The number of likely N-dealkylation sites (N-methyl/N-ethyl adjacent to an activating group) is 1. The molecule has 0 aliphatic carbocycles. The molecule has 0 aliphatic rings. The number of ether oxygens (including phenoxy) is 1. The zero-order valence-electron chi connectivity index (χ0n) is 16.4. The van der Waals surface area contributed by atoms with Crippen molar-refractivity contribution >= 4 is 5.82 Å². The van der Waals surface area contributed by atoms with Gasteiger partial charge in [0, 0.05) is 32.4 Å². The van der Waals surface area contributed by atoms with Crippen molar-refractivity contribution in [2.75, 3.05) is 25.6 Å². The van der Waals surface area contributed by atoms with E-state index in [2.05, 4.69) is 30.2 Å². The van der Waals surface area contributed by atoms with Crippen molar-refractivity contribution in [3.63, 3.8) is 0 Å². The van der Waals surface area contributed by atoms with E-state index in [4.69, 9.17) is 9.26 Å². The molecule has 8 heteroatoms. The van der Waals surface area contributed by atoms with Crippen LogP contribution in [0, 0.1) is 0 Å². The molecule has 1 aromatic carbocycles. The summed E-state index contributed by atoms with van der Waals surface area (Å²) in [5, 5.41) is 10.9. The van der Waals surface area contributed by atoms with Gasteiger partial charge in [-0.25, -0.2) is 4.98 Å². The molecule has 3 aromatic heterocycles. The number of nitrogens with one attached hydrogen (secondary N) is 1. The lowest BCUT2D eigenvalue weighted by molar-refractivity contribution is 0.414. The van der Waals surface area contributed by atoms with E-state index in [1.54, 1.807) is 13.3 Å². The molecule has 0 bridgehead atoms. The van der Waals surface area contributed by atoms with E-state index in [0.29, 0.717) is 18.1 Å². The number of benzene rings is 1. The maximum absolute atomic E-state index is 5.41. The average Bonchev–Trinajstić information content (AvgIpc) is 3.45. The largest absolute Gasteiger partial charge is 0.497 e. The Bertz CT molecular complexity index is 1030. The second-order valence-corrected chi connectivity index (χ2v) is 6.72. The Balaban J connectivity index is 1.38. The highest BCUT2D eigenvalue weighted by atomic mass is 16.5. The second-order valence-electron chi connectivity index (χ2n) is 6.72. The molecule has 8 nitrogen and oxygen atoms in total. The van der Waals surface area contributed by atoms with Gasteiger partial charge >= 0.3 is 0 Å². The number of rotatable bonds is 8. The lowest BCUT2D eigenvalue weighted by Gasteiger charge is -2.17.